The Kier molecular flexibility index (Phi) is 5.72. The fourth-order valence-corrected chi connectivity index (χ4v) is 3.87. The Bertz CT molecular complexity index is 1070. The average molecular weight is 433 g/mol. The molecule has 1 aliphatic carbocycles. The zero-order valence-electron chi connectivity index (χ0n) is 18.1. The third kappa shape index (κ3) is 5.05. The van der Waals surface area contributed by atoms with Gasteiger partial charge in [-0.05, 0) is 76.2 Å². The number of amides is 1. The molecule has 0 radical (unpaired) electrons. The lowest BCUT2D eigenvalue weighted by Gasteiger charge is -2.29. The molecule has 2 aromatic heterocycles. The molecule has 166 valence electrons. The van der Waals surface area contributed by atoms with Crippen molar-refractivity contribution in [2.24, 2.45) is 0 Å². The predicted molar refractivity (Wildman–Crippen MR) is 124 cm³/mol. The van der Waals surface area contributed by atoms with Crippen LogP contribution in [0.1, 0.15) is 47.7 Å². The van der Waals surface area contributed by atoms with E-state index in [1.807, 2.05) is 30.3 Å². The molecule has 2 aliphatic rings. The van der Waals surface area contributed by atoms with Crippen LogP contribution in [-0.2, 0) is 0 Å². The fourth-order valence-electron chi connectivity index (χ4n) is 3.87. The van der Waals surface area contributed by atoms with Gasteiger partial charge >= 0.3 is 0 Å². The Morgan fingerprint density at radius 1 is 1.06 bits per heavy atom. The number of hydrogen-bond acceptors (Lipinski definition) is 7. The van der Waals surface area contributed by atoms with Gasteiger partial charge in [-0.3, -0.25) is 9.89 Å². The summed E-state index contributed by atoms with van der Waals surface area (Å²) in [5, 5.41) is 16.9. The SMILES string of the molecule is CN1CCC(NC(=O)c2ccc(Nc3nccc(Nc4cc(C5CC5)n[nH]4)n3)cc2)CC1. The summed E-state index contributed by atoms with van der Waals surface area (Å²) in [6.45, 7) is 2.04. The second-order valence-corrected chi connectivity index (χ2v) is 8.62. The summed E-state index contributed by atoms with van der Waals surface area (Å²) < 4.78 is 0. The van der Waals surface area contributed by atoms with Crippen molar-refractivity contribution in [2.75, 3.05) is 30.8 Å². The number of carbonyl (C=O) groups excluding carboxylic acids is 1. The van der Waals surface area contributed by atoms with Gasteiger partial charge in [-0.1, -0.05) is 0 Å². The lowest BCUT2D eigenvalue weighted by molar-refractivity contribution is 0.0917. The van der Waals surface area contributed by atoms with Crippen LogP contribution >= 0.6 is 0 Å². The van der Waals surface area contributed by atoms with Crippen LogP contribution in [0.15, 0.2) is 42.6 Å². The maximum Gasteiger partial charge on any atom is 0.251 e. The number of aromatic nitrogens is 4. The Balaban J connectivity index is 1.18. The van der Waals surface area contributed by atoms with Crippen LogP contribution < -0.4 is 16.0 Å². The largest absolute Gasteiger partial charge is 0.349 e. The van der Waals surface area contributed by atoms with Crippen LogP contribution in [0.25, 0.3) is 0 Å². The minimum absolute atomic E-state index is 0.0290. The monoisotopic (exact) mass is 432 g/mol. The average Bonchev–Trinajstić information content (AvgIpc) is 3.55. The van der Waals surface area contributed by atoms with Crippen molar-refractivity contribution in [3.8, 4) is 0 Å². The van der Waals surface area contributed by atoms with Crippen molar-refractivity contribution >= 4 is 29.2 Å². The molecule has 32 heavy (non-hydrogen) atoms. The first-order valence-electron chi connectivity index (χ1n) is 11.1. The van der Waals surface area contributed by atoms with Gasteiger partial charge in [0.15, 0.2) is 0 Å². The standard InChI is InChI=1S/C23H28N8O/c1-31-12-9-18(10-13-31)25-22(32)16-4-6-17(7-5-16)26-23-24-11-8-20(28-23)27-21-14-19(29-30-21)15-2-3-15/h4-8,11,14-15,18H,2-3,9-10,12-13H2,1H3,(H,25,32)(H3,24,26,27,28,29,30). The second kappa shape index (κ2) is 8.96. The molecule has 0 atom stereocenters. The normalized spacial score (nSPS) is 17.2. The second-order valence-electron chi connectivity index (χ2n) is 8.62. The van der Waals surface area contributed by atoms with Gasteiger partial charge in [0.1, 0.15) is 11.6 Å². The van der Waals surface area contributed by atoms with Crippen LogP contribution in [0, 0.1) is 0 Å². The molecular formula is C23H28N8O. The molecule has 1 amide bonds. The summed E-state index contributed by atoms with van der Waals surface area (Å²) in [7, 11) is 2.11. The van der Waals surface area contributed by atoms with E-state index in [1.165, 1.54) is 12.8 Å². The van der Waals surface area contributed by atoms with Crippen LogP contribution in [0.2, 0.25) is 0 Å². The predicted octanol–water partition coefficient (Wildman–Crippen LogP) is 3.39. The van der Waals surface area contributed by atoms with Gasteiger partial charge in [-0.2, -0.15) is 10.1 Å². The number of benzene rings is 1. The van der Waals surface area contributed by atoms with E-state index in [1.54, 1.807) is 12.3 Å². The highest BCUT2D eigenvalue weighted by Gasteiger charge is 2.26. The molecule has 0 spiro atoms. The molecule has 0 unspecified atom stereocenters. The number of aromatic amines is 1. The summed E-state index contributed by atoms with van der Waals surface area (Å²) in [4.78, 5) is 23.6. The molecular weight excluding hydrogens is 404 g/mol. The van der Waals surface area contributed by atoms with E-state index in [9.17, 15) is 4.79 Å². The number of carbonyl (C=O) groups is 1. The van der Waals surface area contributed by atoms with Gasteiger partial charge in [0, 0.05) is 35.5 Å². The highest BCUT2D eigenvalue weighted by atomic mass is 16.1. The number of anilines is 4. The fraction of sp³-hybridized carbons (Fsp3) is 0.391. The van der Waals surface area contributed by atoms with E-state index < -0.39 is 0 Å². The molecule has 0 bridgehead atoms. The quantitative estimate of drug-likeness (QED) is 0.453. The van der Waals surface area contributed by atoms with Crippen molar-refractivity contribution < 1.29 is 4.79 Å². The molecule has 1 aromatic carbocycles. The summed E-state index contributed by atoms with van der Waals surface area (Å²) in [6.07, 6.45) is 6.10. The van der Waals surface area contributed by atoms with Crippen molar-refractivity contribution in [3.63, 3.8) is 0 Å². The number of likely N-dealkylation sites (tertiary alicyclic amines) is 1. The van der Waals surface area contributed by atoms with Gasteiger partial charge in [-0.25, -0.2) is 4.98 Å². The lowest BCUT2D eigenvalue weighted by Crippen LogP contribution is -2.43. The minimum Gasteiger partial charge on any atom is -0.349 e. The topological polar surface area (TPSA) is 111 Å². The molecule has 1 saturated heterocycles. The third-order valence-electron chi connectivity index (χ3n) is 5.97. The number of rotatable bonds is 7. The number of nitrogens with one attached hydrogen (secondary N) is 4. The van der Waals surface area contributed by atoms with E-state index in [0.29, 0.717) is 23.2 Å². The Morgan fingerprint density at radius 2 is 1.84 bits per heavy atom. The number of piperidine rings is 1. The first-order chi connectivity index (χ1) is 15.6. The van der Waals surface area contributed by atoms with E-state index >= 15 is 0 Å². The van der Waals surface area contributed by atoms with E-state index in [2.05, 4.69) is 48.1 Å². The smallest absolute Gasteiger partial charge is 0.251 e. The van der Waals surface area contributed by atoms with E-state index in [4.69, 9.17) is 0 Å². The Labute approximate surface area is 187 Å². The van der Waals surface area contributed by atoms with Crippen LogP contribution in [-0.4, -0.2) is 57.2 Å². The molecule has 9 heteroatoms. The summed E-state index contributed by atoms with van der Waals surface area (Å²) in [6, 6.07) is 11.4. The molecule has 4 N–H and O–H groups in total. The number of H-pyrrole nitrogens is 1. The first-order valence-corrected chi connectivity index (χ1v) is 11.1. The number of hydrogen-bond donors (Lipinski definition) is 4. The van der Waals surface area contributed by atoms with E-state index in [0.717, 1.165) is 43.1 Å². The first kappa shape index (κ1) is 20.4. The molecule has 2 fully saturated rings. The van der Waals surface area contributed by atoms with Crippen molar-refractivity contribution in [1.29, 1.82) is 0 Å². The van der Waals surface area contributed by atoms with Gasteiger partial charge < -0.3 is 20.9 Å². The van der Waals surface area contributed by atoms with Crippen molar-refractivity contribution in [2.45, 2.75) is 37.6 Å². The van der Waals surface area contributed by atoms with Gasteiger partial charge in [0.2, 0.25) is 5.95 Å². The third-order valence-corrected chi connectivity index (χ3v) is 5.97. The molecule has 3 heterocycles. The molecule has 9 nitrogen and oxygen atoms in total. The lowest BCUT2D eigenvalue weighted by atomic mass is 10.0. The zero-order valence-corrected chi connectivity index (χ0v) is 18.1. The molecule has 1 aliphatic heterocycles. The molecule has 3 aromatic rings. The molecule has 5 rings (SSSR count). The van der Waals surface area contributed by atoms with Crippen LogP contribution in [0.4, 0.5) is 23.3 Å². The van der Waals surface area contributed by atoms with Crippen molar-refractivity contribution in [1.82, 2.24) is 30.4 Å². The molecule has 1 saturated carbocycles. The summed E-state index contributed by atoms with van der Waals surface area (Å²) in [5.74, 6) is 2.53. The highest BCUT2D eigenvalue weighted by molar-refractivity contribution is 5.94. The van der Waals surface area contributed by atoms with Crippen LogP contribution in [0.5, 0.6) is 0 Å². The van der Waals surface area contributed by atoms with Gasteiger partial charge in [0.25, 0.3) is 5.91 Å². The van der Waals surface area contributed by atoms with Crippen molar-refractivity contribution in [3.05, 3.63) is 53.9 Å². The maximum atomic E-state index is 12.5. The summed E-state index contributed by atoms with van der Waals surface area (Å²) >= 11 is 0. The maximum absolute atomic E-state index is 12.5. The van der Waals surface area contributed by atoms with Gasteiger partial charge in [-0.15, -0.1) is 0 Å². The summed E-state index contributed by atoms with van der Waals surface area (Å²) in [5.41, 5.74) is 2.56. The zero-order chi connectivity index (χ0) is 21.9. The van der Waals surface area contributed by atoms with Gasteiger partial charge in [0.05, 0.1) is 5.69 Å². The van der Waals surface area contributed by atoms with E-state index in [-0.39, 0.29) is 11.9 Å². The highest BCUT2D eigenvalue weighted by Crippen LogP contribution is 2.39. The number of nitrogens with zero attached hydrogens (tertiary/aromatic N) is 4. The Morgan fingerprint density at radius 3 is 2.59 bits per heavy atom. The Hall–Kier alpha value is -3.46. The minimum atomic E-state index is -0.0290. The van der Waals surface area contributed by atoms with Crippen LogP contribution in [0.3, 0.4) is 0 Å².